The molecule has 0 unspecified atom stereocenters. The molecule has 4 heterocycles. The molecule has 0 spiro atoms. The maximum absolute atomic E-state index is 13.2. The summed E-state index contributed by atoms with van der Waals surface area (Å²) in [7, 11) is 1.72. The molecule has 5 rings (SSSR count). The topological polar surface area (TPSA) is 120 Å². The fraction of sp³-hybridized carbons (Fsp3) is 0.440. The Morgan fingerprint density at radius 3 is 2.67 bits per heavy atom. The van der Waals surface area contributed by atoms with Gasteiger partial charge in [-0.1, -0.05) is 0 Å². The molecular weight excluding hydrogens is 460 g/mol. The number of hydrogen-bond acceptors (Lipinski definition) is 8. The Hall–Kier alpha value is -4.02. The molecule has 3 aromatic heterocycles. The quantitative estimate of drug-likeness (QED) is 0.462. The Bertz CT molecular complexity index is 1510. The fourth-order valence-corrected chi connectivity index (χ4v) is 4.55. The van der Waals surface area contributed by atoms with Crippen LogP contribution in [0.25, 0.3) is 22.1 Å². The second-order valence-electron chi connectivity index (χ2n) is 10.2. The molecule has 36 heavy (non-hydrogen) atoms. The van der Waals surface area contributed by atoms with E-state index in [-0.39, 0.29) is 17.8 Å². The van der Waals surface area contributed by atoms with Gasteiger partial charge in [-0.25, -0.2) is 14.6 Å². The number of rotatable bonds is 3. The average Bonchev–Trinajstić information content (AvgIpc) is 3.08. The zero-order chi connectivity index (χ0) is 25.6. The second-order valence-corrected chi connectivity index (χ2v) is 10.2. The summed E-state index contributed by atoms with van der Waals surface area (Å²) in [6.45, 7) is 8.56. The predicted molar refractivity (Wildman–Crippen MR) is 136 cm³/mol. The molecule has 0 atom stereocenters. The van der Waals surface area contributed by atoms with Crippen LogP contribution in [0.4, 0.5) is 16.4 Å². The summed E-state index contributed by atoms with van der Waals surface area (Å²) in [6, 6.07) is 5.76. The predicted octanol–water partition coefficient (Wildman–Crippen LogP) is 3.70. The minimum absolute atomic E-state index is 0.0800. The van der Waals surface area contributed by atoms with Crippen molar-refractivity contribution < 1.29 is 9.53 Å². The van der Waals surface area contributed by atoms with E-state index in [0.29, 0.717) is 43.0 Å². The van der Waals surface area contributed by atoms with Gasteiger partial charge in [0.05, 0.1) is 17.9 Å². The molecule has 11 heteroatoms. The number of carbonyl (C=O) groups is 1. The maximum atomic E-state index is 13.2. The van der Waals surface area contributed by atoms with E-state index in [1.54, 1.807) is 33.5 Å². The van der Waals surface area contributed by atoms with Crippen molar-refractivity contribution in [3.05, 3.63) is 46.6 Å². The van der Waals surface area contributed by atoms with Gasteiger partial charge in [0.25, 0.3) is 0 Å². The van der Waals surface area contributed by atoms with Gasteiger partial charge >= 0.3 is 11.8 Å². The first-order valence-corrected chi connectivity index (χ1v) is 12.0. The lowest BCUT2D eigenvalue weighted by Crippen LogP contribution is -2.43. The highest BCUT2D eigenvalue weighted by atomic mass is 16.6. The van der Waals surface area contributed by atoms with Gasteiger partial charge in [-0.3, -0.25) is 9.13 Å². The van der Waals surface area contributed by atoms with Crippen LogP contribution >= 0.6 is 0 Å². The number of fused-ring (bicyclic) bond motifs is 2. The lowest BCUT2D eigenvalue weighted by molar-refractivity contribution is 0.0188. The SMILES string of the molecule is Cc1cc2nnccc2cc1Nc1ncc2c(n1)n(C1CCN(C(=O)OC(C)(C)C)CC1)c(=O)n2C. The van der Waals surface area contributed by atoms with Crippen LogP contribution in [-0.2, 0) is 11.8 Å². The standard InChI is InChI=1S/C25H30N8O3/c1-15-12-19-16(6-9-27-30-19)13-18(15)28-22-26-14-20-21(29-22)33(23(34)31(20)5)17-7-10-32(11-8-17)24(35)36-25(2,3)4/h6,9,12-14,17H,7-8,10-11H2,1-5H3,(H,26,28,29). The third-order valence-corrected chi connectivity index (χ3v) is 6.42. The minimum atomic E-state index is -0.544. The molecule has 0 bridgehead atoms. The molecule has 1 aliphatic rings. The highest BCUT2D eigenvalue weighted by molar-refractivity contribution is 5.84. The second kappa shape index (κ2) is 8.89. The van der Waals surface area contributed by atoms with E-state index in [1.165, 1.54) is 0 Å². The third kappa shape index (κ3) is 4.48. The van der Waals surface area contributed by atoms with E-state index in [0.717, 1.165) is 22.2 Å². The highest BCUT2D eigenvalue weighted by Crippen LogP contribution is 2.28. The monoisotopic (exact) mass is 490 g/mol. The van der Waals surface area contributed by atoms with Gasteiger partial charge in [0, 0.05) is 37.3 Å². The van der Waals surface area contributed by atoms with Crippen LogP contribution in [0.2, 0.25) is 0 Å². The summed E-state index contributed by atoms with van der Waals surface area (Å²) in [4.78, 5) is 36.5. The molecule has 1 fully saturated rings. The van der Waals surface area contributed by atoms with Crippen molar-refractivity contribution in [3.8, 4) is 0 Å². The summed E-state index contributed by atoms with van der Waals surface area (Å²) < 4.78 is 8.81. The molecule has 1 aliphatic heterocycles. The highest BCUT2D eigenvalue weighted by Gasteiger charge is 2.30. The molecule has 1 saturated heterocycles. The Labute approximate surface area is 208 Å². The first-order chi connectivity index (χ1) is 17.1. The van der Waals surface area contributed by atoms with E-state index < -0.39 is 5.60 Å². The number of aryl methyl sites for hydroxylation is 2. The number of nitrogens with zero attached hydrogens (tertiary/aromatic N) is 7. The minimum Gasteiger partial charge on any atom is -0.444 e. The summed E-state index contributed by atoms with van der Waals surface area (Å²) in [5.41, 5.74) is 3.18. The number of amides is 1. The van der Waals surface area contributed by atoms with Gasteiger partial charge in [0.1, 0.15) is 11.1 Å². The molecule has 188 valence electrons. The van der Waals surface area contributed by atoms with Crippen molar-refractivity contribution in [3.63, 3.8) is 0 Å². The average molecular weight is 491 g/mol. The van der Waals surface area contributed by atoms with E-state index in [9.17, 15) is 9.59 Å². The van der Waals surface area contributed by atoms with Crippen molar-refractivity contribution in [2.45, 2.75) is 52.2 Å². The lowest BCUT2D eigenvalue weighted by atomic mass is 10.1. The van der Waals surface area contributed by atoms with Crippen LogP contribution in [0.1, 0.15) is 45.2 Å². The number of aromatic nitrogens is 6. The van der Waals surface area contributed by atoms with Crippen LogP contribution in [-0.4, -0.2) is 59.0 Å². The van der Waals surface area contributed by atoms with Crippen LogP contribution in [0, 0.1) is 6.92 Å². The van der Waals surface area contributed by atoms with Gasteiger partial charge in [-0.05, 0) is 64.3 Å². The molecule has 0 radical (unpaired) electrons. The van der Waals surface area contributed by atoms with E-state index in [2.05, 4.69) is 20.5 Å². The third-order valence-electron chi connectivity index (χ3n) is 6.42. The molecule has 4 aromatic rings. The Morgan fingerprint density at radius 2 is 1.94 bits per heavy atom. The van der Waals surface area contributed by atoms with Gasteiger partial charge in [0.15, 0.2) is 5.65 Å². The summed E-state index contributed by atoms with van der Waals surface area (Å²) in [5, 5.41) is 12.3. The number of piperidine rings is 1. The zero-order valence-electron chi connectivity index (χ0n) is 21.1. The zero-order valence-corrected chi connectivity index (χ0v) is 21.1. The van der Waals surface area contributed by atoms with Crippen molar-refractivity contribution >= 4 is 39.8 Å². The molecule has 11 nitrogen and oxygen atoms in total. The molecule has 1 N–H and O–H groups in total. The van der Waals surface area contributed by atoms with Crippen LogP contribution in [0.3, 0.4) is 0 Å². The fourth-order valence-electron chi connectivity index (χ4n) is 4.55. The van der Waals surface area contributed by atoms with Crippen molar-refractivity contribution in [2.75, 3.05) is 18.4 Å². The molecule has 0 saturated carbocycles. The maximum Gasteiger partial charge on any atom is 0.410 e. The van der Waals surface area contributed by atoms with Gasteiger partial charge in [0.2, 0.25) is 5.95 Å². The Balaban J connectivity index is 1.42. The van der Waals surface area contributed by atoms with Crippen molar-refractivity contribution in [1.29, 1.82) is 0 Å². The summed E-state index contributed by atoms with van der Waals surface area (Å²) in [5.74, 6) is 0.400. The van der Waals surface area contributed by atoms with Crippen LogP contribution in [0.15, 0.2) is 35.4 Å². The summed E-state index contributed by atoms with van der Waals surface area (Å²) >= 11 is 0. The van der Waals surface area contributed by atoms with E-state index >= 15 is 0 Å². The first kappa shape index (κ1) is 23.7. The van der Waals surface area contributed by atoms with E-state index in [1.807, 2.05) is 45.9 Å². The lowest BCUT2D eigenvalue weighted by Gasteiger charge is -2.33. The number of imidazole rings is 1. The molecule has 1 amide bonds. The van der Waals surface area contributed by atoms with Crippen molar-refractivity contribution in [2.24, 2.45) is 7.05 Å². The largest absolute Gasteiger partial charge is 0.444 e. The number of hydrogen-bond donors (Lipinski definition) is 1. The normalized spacial score (nSPS) is 15.0. The number of ether oxygens (including phenoxy) is 1. The summed E-state index contributed by atoms with van der Waals surface area (Å²) in [6.07, 6.45) is 4.27. The van der Waals surface area contributed by atoms with Crippen molar-refractivity contribution in [1.82, 2.24) is 34.2 Å². The Morgan fingerprint density at radius 1 is 1.19 bits per heavy atom. The molecule has 0 aliphatic carbocycles. The first-order valence-electron chi connectivity index (χ1n) is 12.0. The smallest absolute Gasteiger partial charge is 0.410 e. The number of carbonyl (C=O) groups excluding carboxylic acids is 1. The number of nitrogens with one attached hydrogen (secondary N) is 1. The number of anilines is 2. The number of benzene rings is 1. The van der Waals surface area contributed by atoms with Crippen LogP contribution < -0.4 is 11.0 Å². The molecular formula is C25H30N8O3. The number of likely N-dealkylation sites (tertiary alicyclic amines) is 1. The molecule has 1 aromatic carbocycles. The van der Waals surface area contributed by atoms with Gasteiger partial charge in [-0.2, -0.15) is 15.2 Å². The van der Waals surface area contributed by atoms with E-state index in [4.69, 9.17) is 9.72 Å². The Kier molecular flexibility index (Phi) is 5.85. The van der Waals surface area contributed by atoms with Gasteiger partial charge < -0.3 is 15.0 Å². The van der Waals surface area contributed by atoms with Gasteiger partial charge in [-0.15, -0.1) is 0 Å². The van der Waals surface area contributed by atoms with Crippen LogP contribution in [0.5, 0.6) is 0 Å².